The maximum Gasteiger partial charge on any atom is 0.308 e. The first-order valence-electron chi connectivity index (χ1n) is 8.02. The van der Waals surface area contributed by atoms with E-state index in [0.29, 0.717) is 0 Å². The highest BCUT2D eigenvalue weighted by molar-refractivity contribution is 5.99. The summed E-state index contributed by atoms with van der Waals surface area (Å²) in [6.07, 6.45) is 4.02. The Bertz CT molecular complexity index is 811. The SMILES string of the molecule is COc1cccc(/C=C/c2ccc(N3C[C@@H](C(=O)O)CC3=O)cc2)c1. The third-order valence-electron chi connectivity index (χ3n) is 4.24. The van der Waals surface area contributed by atoms with E-state index >= 15 is 0 Å². The molecule has 5 heteroatoms. The molecule has 3 rings (SSSR count). The highest BCUT2D eigenvalue weighted by Gasteiger charge is 2.34. The van der Waals surface area contributed by atoms with Gasteiger partial charge in [0.05, 0.1) is 13.0 Å². The number of benzene rings is 2. The van der Waals surface area contributed by atoms with E-state index in [1.807, 2.05) is 60.7 Å². The topological polar surface area (TPSA) is 66.8 Å². The minimum absolute atomic E-state index is 0.0623. The Morgan fingerprint density at radius 1 is 1.16 bits per heavy atom. The van der Waals surface area contributed by atoms with Crippen molar-refractivity contribution in [2.75, 3.05) is 18.6 Å². The van der Waals surface area contributed by atoms with Crippen molar-refractivity contribution in [2.45, 2.75) is 6.42 Å². The zero-order valence-electron chi connectivity index (χ0n) is 13.9. The summed E-state index contributed by atoms with van der Waals surface area (Å²) in [5.41, 5.74) is 2.75. The van der Waals surface area contributed by atoms with Gasteiger partial charge in [-0.1, -0.05) is 36.4 Å². The Morgan fingerprint density at radius 3 is 2.52 bits per heavy atom. The zero-order chi connectivity index (χ0) is 17.8. The normalized spacial score (nSPS) is 17.2. The van der Waals surface area contributed by atoms with Crippen molar-refractivity contribution in [3.63, 3.8) is 0 Å². The summed E-state index contributed by atoms with van der Waals surface area (Å²) in [5, 5.41) is 9.06. The number of hydrogen-bond donors (Lipinski definition) is 1. The van der Waals surface area contributed by atoms with Crippen molar-refractivity contribution in [3.05, 3.63) is 59.7 Å². The van der Waals surface area contributed by atoms with Gasteiger partial charge < -0.3 is 14.7 Å². The van der Waals surface area contributed by atoms with Crippen LogP contribution in [0.5, 0.6) is 5.75 Å². The molecule has 0 aromatic heterocycles. The van der Waals surface area contributed by atoms with Gasteiger partial charge in [0.2, 0.25) is 5.91 Å². The Labute approximate surface area is 146 Å². The second-order valence-corrected chi connectivity index (χ2v) is 5.95. The summed E-state index contributed by atoms with van der Waals surface area (Å²) in [4.78, 5) is 24.6. The molecule has 1 fully saturated rings. The summed E-state index contributed by atoms with van der Waals surface area (Å²) in [6, 6.07) is 15.3. The summed E-state index contributed by atoms with van der Waals surface area (Å²) in [6.45, 7) is 0.229. The van der Waals surface area contributed by atoms with Crippen molar-refractivity contribution in [1.29, 1.82) is 0 Å². The van der Waals surface area contributed by atoms with Gasteiger partial charge in [0.25, 0.3) is 0 Å². The number of nitrogens with zero attached hydrogens (tertiary/aromatic N) is 1. The number of rotatable bonds is 5. The number of ether oxygens (including phenoxy) is 1. The molecule has 1 atom stereocenters. The second kappa shape index (κ2) is 7.21. The van der Waals surface area contributed by atoms with Crippen molar-refractivity contribution in [1.82, 2.24) is 0 Å². The Balaban J connectivity index is 1.71. The van der Waals surface area contributed by atoms with Crippen molar-refractivity contribution in [3.8, 4) is 5.75 Å². The van der Waals surface area contributed by atoms with Gasteiger partial charge in [-0.15, -0.1) is 0 Å². The van der Waals surface area contributed by atoms with Gasteiger partial charge >= 0.3 is 5.97 Å². The molecule has 1 N–H and O–H groups in total. The molecule has 1 amide bonds. The van der Waals surface area contributed by atoms with Gasteiger partial charge in [-0.05, 0) is 35.4 Å². The number of anilines is 1. The summed E-state index contributed by atoms with van der Waals surface area (Å²) >= 11 is 0. The second-order valence-electron chi connectivity index (χ2n) is 5.95. The van der Waals surface area contributed by atoms with E-state index in [4.69, 9.17) is 9.84 Å². The average molecular weight is 337 g/mol. The summed E-state index contributed by atoms with van der Waals surface area (Å²) in [5.74, 6) is -0.890. The van der Waals surface area contributed by atoms with Crippen LogP contribution < -0.4 is 9.64 Å². The van der Waals surface area contributed by atoms with Crippen LogP contribution >= 0.6 is 0 Å². The van der Waals surface area contributed by atoms with Gasteiger partial charge in [0, 0.05) is 18.7 Å². The molecule has 128 valence electrons. The fourth-order valence-corrected chi connectivity index (χ4v) is 2.83. The van der Waals surface area contributed by atoms with Crippen LogP contribution in [0.1, 0.15) is 17.5 Å². The number of carboxylic acids is 1. The molecule has 1 aliphatic rings. The molecular formula is C20H19NO4. The molecule has 0 aliphatic carbocycles. The van der Waals surface area contributed by atoms with Gasteiger partial charge in [-0.3, -0.25) is 9.59 Å². The fraction of sp³-hybridized carbons (Fsp3) is 0.200. The van der Waals surface area contributed by atoms with Gasteiger partial charge in [0.1, 0.15) is 5.75 Å². The van der Waals surface area contributed by atoms with Crippen molar-refractivity contribution in [2.24, 2.45) is 5.92 Å². The molecule has 0 bridgehead atoms. The number of hydrogen-bond acceptors (Lipinski definition) is 3. The number of carboxylic acid groups (broad SMARTS) is 1. The van der Waals surface area contributed by atoms with Crippen LogP contribution in [-0.4, -0.2) is 30.6 Å². The van der Waals surface area contributed by atoms with Crippen LogP contribution in [-0.2, 0) is 9.59 Å². The van der Waals surface area contributed by atoms with Gasteiger partial charge in [-0.2, -0.15) is 0 Å². The highest BCUT2D eigenvalue weighted by Crippen LogP contribution is 2.26. The van der Waals surface area contributed by atoms with Crippen LogP contribution in [0.4, 0.5) is 5.69 Å². The molecule has 1 heterocycles. The van der Waals surface area contributed by atoms with E-state index in [1.54, 1.807) is 7.11 Å². The molecule has 5 nitrogen and oxygen atoms in total. The largest absolute Gasteiger partial charge is 0.497 e. The molecule has 0 spiro atoms. The fourth-order valence-electron chi connectivity index (χ4n) is 2.83. The molecule has 1 aliphatic heterocycles. The lowest BCUT2D eigenvalue weighted by Crippen LogP contribution is -2.25. The first-order valence-corrected chi connectivity index (χ1v) is 8.02. The number of amides is 1. The van der Waals surface area contributed by atoms with Crippen LogP contribution in [0.3, 0.4) is 0 Å². The van der Waals surface area contributed by atoms with Crippen molar-refractivity contribution >= 4 is 29.7 Å². The number of aliphatic carboxylic acids is 1. The number of carbonyl (C=O) groups is 2. The molecule has 0 radical (unpaired) electrons. The quantitative estimate of drug-likeness (QED) is 0.850. The Morgan fingerprint density at radius 2 is 1.88 bits per heavy atom. The first-order chi connectivity index (χ1) is 12.1. The van der Waals surface area contributed by atoms with E-state index in [1.165, 1.54) is 4.90 Å². The highest BCUT2D eigenvalue weighted by atomic mass is 16.5. The predicted molar refractivity (Wildman–Crippen MR) is 96.5 cm³/mol. The smallest absolute Gasteiger partial charge is 0.308 e. The average Bonchev–Trinajstić information content (AvgIpc) is 3.03. The maximum absolute atomic E-state index is 12.0. The van der Waals surface area contributed by atoms with E-state index < -0.39 is 11.9 Å². The van der Waals surface area contributed by atoms with Crippen LogP contribution in [0, 0.1) is 5.92 Å². The molecule has 25 heavy (non-hydrogen) atoms. The minimum Gasteiger partial charge on any atom is -0.497 e. The predicted octanol–water partition coefficient (Wildman–Crippen LogP) is 3.30. The molecular weight excluding hydrogens is 318 g/mol. The van der Waals surface area contributed by atoms with Gasteiger partial charge in [0.15, 0.2) is 0 Å². The number of methoxy groups -OCH3 is 1. The van der Waals surface area contributed by atoms with E-state index in [-0.39, 0.29) is 18.9 Å². The molecule has 2 aromatic rings. The lowest BCUT2D eigenvalue weighted by atomic mass is 10.1. The molecule has 1 saturated heterocycles. The molecule has 2 aromatic carbocycles. The molecule has 0 unspecified atom stereocenters. The maximum atomic E-state index is 12.0. The zero-order valence-corrected chi connectivity index (χ0v) is 13.9. The van der Waals surface area contributed by atoms with Crippen molar-refractivity contribution < 1.29 is 19.4 Å². The lowest BCUT2D eigenvalue weighted by Gasteiger charge is -2.16. The monoisotopic (exact) mass is 337 g/mol. The Hall–Kier alpha value is -3.08. The van der Waals surface area contributed by atoms with Gasteiger partial charge in [-0.25, -0.2) is 0 Å². The van der Waals surface area contributed by atoms with E-state index in [2.05, 4.69) is 0 Å². The van der Waals surface area contributed by atoms with Crippen LogP contribution in [0.2, 0.25) is 0 Å². The third kappa shape index (κ3) is 3.88. The van der Waals surface area contributed by atoms with Crippen LogP contribution in [0.25, 0.3) is 12.2 Å². The summed E-state index contributed by atoms with van der Waals surface area (Å²) < 4.78 is 5.20. The standard InChI is InChI=1S/C20H19NO4/c1-25-18-4-2-3-15(11-18)6-5-14-7-9-17(10-8-14)21-13-16(20(23)24)12-19(21)22/h2-11,16H,12-13H2,1H3,(H,23,24)/b6-5+/t16-/m0/s1. The number of carbonyl (C=O) groups excluding carboxylic acids is 1. The lowest BCUT2D eigenvalue weighted by molar-refractivity contribution is -0.141. The third-order valence-corrected chi connectivity index (χ3v) is 4.24. The van der Waals surface area contributed by atoms with E-state index in [0.717, 1.165) is 22.6 Å². The van der Waals surface area contributed by atoms with Crippen LogP contribution in [0.15, 0.2) is 48.5 Å². The summed E-state index contributed by atoms with van der Waals surface area (Å²) in [7, 11) is 1.64. The first kappa shape index (κ1) is 16.8. The minimum atomic E-state index is -0.923. The molecule has 0 saturated carbocycles. The van der Waals surface area contributed by atoms with E-state index in [9.17, 15) is 9.59 Å². The Kier molecular flexibility index (Phi) is 4.84.